The maximum Gasteiger partial charge on any atom is 0.339 e. The van der Waals surface area contributed by atoms with Crippen molar-refractivity contribution in [1.29, 1.82) is 0 Å². The van der Waals surface area contributed by atoms with Crippen LogP contribution >= 0.6 is 11.3 Å². The first kappa shape index (κ1) is 13.6. The van der Waals surface area contributed by atoms with Crippen LogP contribution in [-0.2, 0) is 9.53 Å². The molecule has 0 fully saturated rings. The monoisotopic (exact) mass is 264 g/mol. The zero-order chi connectivity index (χ0) is 13.4. The highest BCUT2D eigenvalue weighted by Crippen LogP contribution is 2.25. The van der Waals surface area contributed by atoms with E-state index in [-0.39, 0.29) is 5.70 Å². The minimum atomic E-state index is -0.789. The summed E-state index contributed by atoms with van der Waals surface area (Å²) in [5, 5.41) is 8.54. The van der Waals surface area contributed by atoms with Crippen LogP contribution in [0.1, 0.15) is 10.9 Å². The molecule has 9 heteroatoms. The van der Waals surface area contributed by atoms with Crippen LogP contribution in [0.25, 0.3) is 20.9 Å². The zero-order valence-corrected chi connectivity index (χ0v) is 10.1. The van der Waals surface area contributed by atoms with Gasteiger partial charge in [0.05, 0.1) is 13.2 Å². The van der Waals surface area contributed by atoms with Crippen LogP contribution in [-0.4, -0.2) is 13.1 Å². The lowest BCUT2D eigenvalue weighted by atomic mass is 10.2. The van der Waals surface area contributed by atoms with E-state index in [0.29, 0.717) is 0 Å². The third kappa shape index (κ3) is 3.53. The number of azide groups is 2. The summed E-state index contributed by atoms with van der Waals surface area (Å²) in [6.45, 7) is 0. The lowest BCUT2D eigenvalue weighted by Gasteiger charge is -2.04. The molecule has 1 heterocycles. The number of carbonyl (C=O) groups excluding carboxylic acids is 1. The van der Waals surface area contributed by atoms with Gasteiger partial charge in [-0.05, 0) is 22.5 Å². The van der Waals surface area contributed by atoms with Gasteiger partial charge in [0.15, 0.2) is 0 Å². The van der Waals surface area contributed by atoms with Crippen LogP contribution in [0.4, 0.5) is 0 Å². The summed E-state index contributed by atoms with van der Waals surface area (Å²) in [5.41, 5.74) is 16.6. The molecule has 0 saturated carbocycles. The van der Waals surface area contributed by atoms with Gasteiger partial charge < -0.3 is 4.74 Å². The second kappa shape index (κ2) is 6.97. The van der Waals surface area contributed by atoms with Crippen molar-refractivity contribution in [1.82, 2.24) is 0 Å². The molecule has 0 N–H and O–H groups in total. The van der Waals surface area contributed by atoms with Crippen molar-refractivity contribution in [2.75, 3.05) is 7.11 Å². The van der Waals surface area contributed by atoms with Crippen molar-refractivity contribution in [3.05, 3.63) is 55.0 Å². The van der Waals surface area contributed by atoms with Crippen molar-refractivity contribution in [3.63, 3.8) is 0 Å². The molecule has 0 bridgehead atoms. The molecule has 1 atom stereocenters. The highest BCUT2D eigenvalue weighted by molar-refractivity contribution is 7.10. The molecule has 0 radical (unpaired) electrons. The van der Waals surface area contributed by atoms with Crippen molar-refractivity contribution >= 4 is 17.3 Å². The van der Waals surface area contributed by atoms with Crippen LogP contribution in [0.2, 0.25) is 0 Å². The van der Waals surface area contributed by atoms with E-state index in [1.807, 2.05) is 0 Å². The van der Waals surface area contributed by atoms with Crippen LogP contribution in [0, 0.1) is 0 Å². The smallest absolute Gasteiger partial charge is 0.339 e. The third-order valence-corrected chi connectivity index (χ3v) is 2.82. The zero-order valence-electron chi connectivity index (χ0n) is 9.29. The van der Waals surface area contributed by atoms with E-state index in [1.165, 1.54) is 17.4 Å². The Balaban J connectivity index is 3.16. The van der Waals surface area contributed by atoms with Crippen molar-refractivity contribution in [3.8, 4) is 0 Å². The lowest BCUT2D eigenvalue weighted by molar-refractivity contribution is -0.136. The fourth-order valence-electron chi connectivity index (χ4n) is 1.13. The molecule has 0 aliphatic carbocycles. The van der Waals surface area contributed by atoms with Gasteiger partial charge in [0, 0.05) is 14.7 Å². The van der Waals surface area contributed by atoms with E-state index < -0.39 is 12.0 Å². The largest absolute Gasteiger partial charge is 0.466 e. The molecular formula is C9H8N6O2S. The van der Waals surface area contributed by atoms with Gasteiger partial charge in [0.25, 0.3) is 0 Å². The second-order valence-corrected chi connectivity index (χ2v) is 3.88. The number of methoxy groups -OCH3 is 1. The SMILES string of the molecule is COC(=O)/C(=C/C(N=[N+]=[N-])c1cccs1)N=[N+]=[N-]. The Labute approximate surface area is 106 Å². The van der Waals surface area contributed by atoms with Crippen LogP contribution in [0.5, 0.6) is 0 Å². The molecule has 1 aromatic rings. The first-order valence-corrected chi connectivity index (χ1v) is 5.53. The summed E-state index contributed by atoms with van der Waals surface area (Å²) in [6.07, 6.45) is 1.26. The second-order valence-electron chi connectivity index (χ2n) is 2.90. The normalized spacial score (nSPS) is 11.9. The van der Waals surface area contributed by atoms with E-state index in [9.17, 15) is 4.79 Å². The summed E-state index contributed by atoms with van der Waals surface area (Å²) < 4.78 is 4.46. The number of nitrogens with zero attached hydrogens (tertiary/aromatic N) is 6. The molecule has 0 amide bonds. The Morgan fingerprint density at radius 1 is 1.56 bits per heavy atom. The predicted octanol–water partition coefficient (Wildman–Crippen LogP) is 3.47. The van der Waals surface area contributed by atoms with Crippen molar-refractivity contribution < 1.29 is 9.53 Å². The summed E-state index contributed by atoms with van der Waals surface area (Å²) >= 11 is 1.35. The fourth-order valence-corrected chi connectivity index (χ4v) is 1.86. The van der Waals surface area contributed by atoms with E-state index in [2.05, 4.69) is 24.8 Å². The Morgan fingerprint density at radius 3 is 2.83 bits per heavy atom. The molecule has 8 nitrogen and oxygen atoms in total. The van der Waals surface area contributed by atoms with E-state index in [1.54, 1.807) is 17.5 Å². The van der Waals surface area contributed by atoms with Gasteiger partial charge >= 0.3 is 5.97 Å². The van der Waals surface area contributed by atoms with Crippen LogP contribution in [0.15, 0.2) is 39.5 Å². The standard InChI is InChI=1S/C9H8N6O2S/c1-17-9(16)7(13-15-11)5-6(12-14-10)8-3-2-4-18-8/h2-6H,1H3/b7-5-. The maximum atomic E-state index is 11.3. The number of ether oxygens (including phenoxy) is 1. The average Bonchev–Trinajstić information content (AvgIpc) is 2.90. The Hall–Kier alpha value is -2.47. The Kier molecular flexibility index (Phi) is 5.27. The van der Waals surface area contributed by atoms with E-state index in [4.69, 9.17) is 11.1 Å². The maximum absolute atomic E-state index is 11.3. The van der Waals surface area contributed by atoms with Crippen molar-refractivity contribution in [2.24, 2.45) is 10.2 Å². The molecular weight excluding hydrogens is 256 g/mol. The molecule has 0 aliphatic rings. The van der Waals surface area contributed by atoms with Gasteiger partial charge in [-0.1, -0.05) is 22.4 Å². The average molecular weight is 264 g/mol. The van der Waals surface area contributed by atoms with Gasteiger partial charge in [-0.15, -0.1) is 11.3 Å². The van der Waals surface area contributed by atoms with E-state index >= 15 is 0 Å². The highest BCUT2D eigenvalue weighted by atomic mass is 32.1. The first-order valence-electron chi connectivity index (χ1n) is 4.65. The van der Waals surface area contributed by atoms with Gasteiger partial charge in [0.2, 0.25) is 0 Å². The van der Waals surface area contributed by atoms with Gasteiger partial charge in [0.1, 0.15) is 5.70 Å². The van der Waals surface area contributed by atoms with Crippen LogP contribution < -0.4 is 0 Å². The van der Waals surface area contributed by atoms with Gasteiger partial charge in [-0.3, -0.25) is 0 Å². The number of hydrogen-bond acceptors (Lipinski definition) is 5. The van der Waals surface area contributed by atoms with E-state index in [0.717, 1.165) is 12.0 Å². The lowest BCUT2D eigenvalue weighted by Crippen LogP contribution is -2.03. The van der Waals surface area contributed by atoms with Gasteiger partial charge in [-0.25, -0.2) is 4.79 Å². The molecule has 0 saturated heterocycles. The third-order valence-electron chi connectivity index (χ3n) is 1.87. The highest BCUT2D eigenvalue weighted by Gasteiger charge is 2.13. The molecule has 0 spiro atoms. The Morgan fingerprint density at radius 2 is 2.33 bits per heavy atom. The number of thiophene rings is 1. The molecule has 92 valence electrons. The molecule has 0 aliphatic heterocycles. The topological polar surface area (TPSA) is 124 Å². The number of carbonyl (C=O) groups is 1. The summed E-state index contributed by atoms with van der Waals surface area (Å²) in [5.74, 6) is -0.789. The Bertz CT molecular complexity index is 539. The van der Waals surface area contributed by atoms with Crippen LogP contribution in [0.3, 0.4) is 0 Å². The predicted molar refractivity (Wildman–Crippen MR) is 65.5 cm³/mol. The molecule has 0 aromatic carbocycles. The molecule has 1 aromatic heterocycles. The number of esters is 1. The summed E-state index contributed by atoms with van der Waals surface area (Å²) in [4.78, 5) is 17.3. The number of rotatable bonds is 5. The molecule has 1 unspecified atom stereocenters. The summed E-state index contributed by atoms with van der Waals surface area (Å²) in [7, 11) is 1.16. The summed E-state index contributed by atoms with van der Waals surface area (Å²) in [6, 6.07) is 2.81. The van der Waals surface area contributed by atoms with Crippen molar-refractivity contribution in [2.45, 2.75) is 6.04 Å². The number of hydrogen-bond donors (Lipinski definition) is 0. The molecule has 1 rings (SSSR count). The fraction of sp³-hybridized carbons (Fsp3) is 0.222. The van der Waals surface area contributed by atoms with Gasteiger partial charge in [-0.2, -0.15) is 0 Å². The minimum Gasteiger partial charge on any atom is -0.466 e. The first-order chi connectivity index (χ1) is 8.72. The quantitative estimate of drug-likeness (QED) is 0.265. The minimum absolute atomic E-state index is 0.245. The molecule has 18 heavy (non-hydrogen) atoms.